The predicted octanol–water partition coefficient (Wildman–Crippen LogP) is 1.64. The van der Waals surface area contributed by atoms with Crippen LogP contribution in [-0.4, -0.2) is 25.8 Å². The molecule has 0 saturated heterocycles. The highest BCUT2D eigenvalue weighted by Crippen LogP contribution is 2.46. The highest BCUT2D eigenvalue weighted by molar-refractivity contribution is 6.31. The van der Waals surface area contributed by atoms with E-state index in [1.807, 2.05) is 0 Å². The Hall–Kier alpha value is -3.02. The molecule has 4 N–H and O–H groups in total. The first-order valence-corrected chi connectivity index (χ1v) is 6.54. The number of hydrogen-bond donors (Lipinski definition) is 2. The zero-order chi connectivity index (χ0) is 16.0. The van der Waals surface area contributed by atoms with Gasteiger partial charge in [0.25, 0.3) is 0 Å². The number of anilines is 2. The van der Waals surface area contributed by atoms with Gasteiger partial charge in [0.05, 0.1) is 25.3 Å². The summed E-state index contributed by atoms with van der Waals surface area (Å²) in [6.45, 7) is 0. The number of ketones is 2. The van der Waals surface area contributed by atoms with Gasteiger partial charge in [-0.3, -0.25) is 9.59 Å². The van der Waals surface area contributed by atoms with Crippen LogP contribution >= 0.6 is 0 Å². The number of ether oxygens (including phenoxy) is 2. The molecule has 1 aliphatic rings. The van der Waals surface area contributed by atoms with E-state index in [0.717, 1.165) is 0 Å². The number of carbonyl (C=O) groups excluding carboxylic acids is 2. The van der Waals surface area contributed by atoms with Crippen molar-refractivity contribution >= 4 is 22.9 Å². The Morgan fingerprint density at radius 1 is 0.773 bits per heavy atom. The van der Waals surface area contributed by atoms with Crippen molar-refractivity contribution in [1.82, 2.24) is 0 Å². The summed E-state index contributed by atoms with van der Waals surface area (Å²) in [5.41, 5.74) is 12.8. The van der Waals surface area contributed by atoms with Crippen molar-refractivity contribution in [2.75, 3.05) is 25.7 Å². The van der Waals surface area contributed by atoms with Crippen LogP contribution in [0.25, 0.3) is 0 Å². The first-order valence-electron chi connectivity index (χ1n) is 6.54. The molecule has 22 heavy (non-hydrogen) atoms. The van der Waals surface area contributed by atoms with Crippen LogP contribution in [0.3, 0.4) is 0 Å². The molecule has 0 aliphatic heterocycles. The van der Waals surface area contributed by atoms with Gasteiger partial charge < -0.3 is 20.9 Å². The van der Waals surface area contributed by atoms with Crippen LogP contribution in [0.15, 0.2) is 24.3 Å². The van der Waals surface area contributed by atoms with Crippen LogP contribution in [0.1, 0.15) is 31.8 Å². The van der Waals surface area contributed by atoms with Crippen LogP contribution in [-0.2, 0) is 0 Å². The molecule has 0 amide bonds. The molecule has 0 saturated carbocycles. The van der Waals surface area contributed by atoms with Crippen LogP contribution < -0.4 is 20.9 Å². The smallest absolute Gasteiger partial charge is 0.198 e. The summed E-state index contributed by atoms with van der Waals surface area (Å²) in [4.78, 5) is 25.6. The maximum Gasteiger partial charge on any atom is 0.198 e. The molecule has 112 valence electrons. The standard InChI is InChI=1S/C16H14N2O4/c1-21-15-9-10(16(22-2)12(18)11(15)17)14(20)8-6-4-3-5-7(8)13(9)19/h3-6H,17-18H2,1-2H3. The molecule has 0 fully saturated rings. The van der Waals surface area contributed by atoms with E-state index in [-0.39, 0.29) is 45.6 Å². The van der Waals surface area contributed by atoms with Gasteiger partial charge in [-0.25, -0.2) is 0 Å². The average molecular weight is 298 g/mol. The SMILES string of the molecule is COc1c(N)c(N)c(OC)c2c1C(=O)c1ccccc1C2=O. The Morgan fingerprint density at radius 3 is 1.45 bits per heavy atom. The largest absolute Gasteiger partial charge is 0.494 e. The zero-order valence-corrected chi connectivity index (χ0v) is 12.1. The molecule has 1 aliphatic carbocycles. The highest BCUT2D eigenvalue weighted by Gasteiger charge is 2.37. The van der Waals surface area contributed by atoms with Crippen LogP contribution in [0.2, 0.25) is 0 Å². The summed E-state index contributed by atoms with van der Waals surface area (Å²) >= 11 is 0. The summed E-state index contributed by atoms with van der Waals surface area (Å²) in [6.07, 6.45) is 0. The third-order valence-electron chi connectivity index (χ3n) is 3.76. The number of nitrogen functional groups attached to an aromatic ring is 2. The average Bonchev–Trinajstić information content (AvgIpc) is 2.54. The third kappa shape index (κ3) is 1.60. The number of carbonyl (C=O) groups is 2. The first kappa shape index (κ1) is 13.9. The molecule has 3 rings (SSSR count). The second-order valence-corrected chi connectivity index (χ2v) is 4.85. The summed E-state index contributed by atoms with van der Waals surface area (Å²) < 4.78 is 10.4. The highest BCUT2D eigenvalue weighted by atomic mass is 16.5. The second-order valence-electron chi connectivity index (χ2n) is 4.85. The Balaban J connectivity index is 2.46. The van der Waals surface area contributed by atoms with Crippen LogP contribution in [0.5, 0.6) is 11.5 Å². The molecular formula is C16H14N2O4. The van der Waals surface area contributed by atoms with E-state index >= 15 is 0 Å². The molecular weight excluding hydrogens is 284 g/mol. The lowest BCUT2D eigenvalue weighted by Crippen LogP contribution is -2.24. The van der Waals surface area contributed by atoms with E-state index in [1.54, 1.807) is 24.3 Å². The minimum atomic E-state index is -0.341. The van der Waals surface area contributed by atoms with Crippen molar-refractivity contribution in [3.63, 3.8) is 0 Å². The first-order chi connectivity index (χ1) is 10.5. The number of benzene rings is 2. The lowest BCUT2D eigenvalue weighted by Gasteiger charge is -2.24. The van der Waals surface area contributed by atoms with Crippen molar-refractivity contribution in [3.05, 3.63) is 46.5 Å². The fraction of sp³-hybridized carbons (Fsp3) is 0.125. The molecule has 2 aromatic rings. The van der Waals surface area contributed by atoms with E-state index in [9.17, 15) is 9.59 Å². The quantitative estimate of drug-likeness (QED) is 0.697. The van der Waals surface area contributed by atoms with Gasteiger partial charge in [0.1, 0.15) is 11.4 Å². The van der Waals surface area contributed by atoms with Gasteiger partial charge >= 0.3 is 0 Å². The van der Waals surface area contributed by atoms with E-state index in [2.05, 4.69) is 0 Å². The molecule has 6 heteroatoms. The molecule has 6 nitrogen and oxygen atoms in total. The lowest BCUT2D eigenvalue weighted by molar-refractivity contribution is 0.0974. The fourth-order valence-electron chi connectivity index (χ4n) is 2.75. The van der Waals surface area contributed by atoms with Gasteiger partial charge in [0, 0.05) is 11.1 Å². The lowest BCUT2D eigenvalue weighted by atomic mass is 9.82. The molecule has 0 spiro atoms. The fourth-order valence-corrected chi connectivity index (χ4v) is 2.75. The minimum Gasteiger partial charge on any atom is -0.494 e. The summed E-state index contributed by atoms with van der Waals surface area (Å²) in [5, 5.41) is 0. The normalized spacial score (nSPS) is 12.6. The molecule has 2 aromatic carbocycles. The van der Waals surface area contributed by atoms with Gasteiger partial charge in [-0.05, 0) is 0 Å². The van der Waals surface area contributed by atoms with E-state index in [0.29, 0.717) is 11.1 Å². The maximum atomic E-state index is 12.8. The number of nitrogens with two attached hydrogens (primary N) is 2. The number of fused-ring (bicyclic) bond motifs is 2. The molecule has 0 heterocycles. The second kappa shape index (κ2) is 4.77. The van der Waals surface area contributed by atoms with E-state index in [4.69, 9.17) is 20.9 Å². The Labute approximate surface area is 126 Å². The molecule has 0 radical (unpaired) electrons. The maximum absolute atomic E-state index is 12.8. The van der Waals surface area contributed by atoms with Gasteiger partial charge in [-0.15, -0.1) is 0 Å². The van der Waals surface area contributed by atoms with Crippen molar-refractivity contribution in [1.29, 1.82) is 0 Å². The molecule has 0 unspecified atom stereocenters. The number of methoxy groups -OCH3 is 2. The van der Waals surface area contributed by atoms with Gasteiger partial charge in [0.15, 0.2) is 23.1 Å². The molecule has 0 aromatic heterocycles. The molecule has 0 bridgehead atoms. The summed E-state index contributed by atoms with van der Waals surface area (Å²) in [6, 6.07) is 6.58. The van der Waals surface area contributed by atoms with Crippen molar-refractivity contribution < 1.29 is 19.1 Å². The van der Waals surface area contributed by atoms with Crippen LogP contribution in [0, 0.1) is 0 Å². The van der Waals surface area contributed by atoms with Gasteiger partial charge in [0.2, 0.25) is 0 Å². The monoisotopic (exact) mass is 298 g/mol. The topological polar surface area (TPSA) is 105 Å². The Bertz CT molecular complexity index is 759. The van der Waals surface area contributed by atoms with E-state index in [1.165, 1.54) is 14.2 Å². The summed E-state index contributed by atoms with van der Waals surface area (Å²) in [5.74, 6) is -0.485. The summed E-state index contributed by atoms with van der Waals surface area (Å²) in [7, 11) is 2.74. The van der Waals surface area contributed by atoms with Gasteiger partial charge in [-0.1, -0.05) is 24.3 Å². The van der Waals surface area contributed by atoms with Crippen molar-refractivity contribution in [2.45, 2.75) is 0 Å². The minimum absolute atomic E-state index is 0.0821. The molecule has 0 atom stereocenters. The Morgan fingerprint density at radius 2 is 1.14 bits per heavy atom. The van der Waals surface area contributed by atoms with E-state index < -0.39 is 0 Å². The van der Waals surface area contributed by atoms with Crippen LogP contribution in [0.4, 0.5) is 11.4 Å². The number of hydrogen-bond acceptors (Lipinski definition) is 6. The zero-order valence-electron chi connectivity index (χ0n) is 12.1. The number of rotatable bonds is 2. The Kier molecular flexibility index (Phi) is 3.02. The predicted molar refractivity (Wildman–Crippen MR) is 81.7 cm³/mol. The third-order valence-corrected chi connectivity index (χ3v) is 3.76. The van der Waals surface area contributed by atoms with Gasteiger partial charge in [-0.2, -0.15) is 0 Å². The van der Waals surface area contributed by atoms with Crippen molar-refractivity contribution in [3.8, 4) is 11.5 Å². The van der Waals surface area contributed by atoms with Crippen molar-refractivity contribution in [2.24, 2.45) is 0 Å².